The van der Waals surface area contributed by atoms with E-state index in [0.717, 1.165) is 0 Å². The molecule has 0 aromatic carbocycles. The smallest absolute Gasteiger partial charge is 0.271 e. The highest BCUT2D eigenvalue weighted by Crippen LogP contribution is 2.01. The fraction of sp³-hybridized carbons (Fsp3) is 0.571. The average Bonchev–Trinajstić information content (AvgIpc) is 2.45. The van der Waals surface area contributed by atoms with Crippen molar-refractivity contribution in [1.82, 2.24) is 20.6 Å². The fourth-order valence-corrected chi connectivity index (χ4v) is 1.53. The average molecular weight is 293 g/mol. The summed E-state index contributed by atoms with van der Waals surface area (Å²) in [5.74, 6) is 0.558. The van der Waals surface area contributed by atoms with Crippen molar-refractivity contribution >= 4 is 17.6 Å². The van der Waals surface area contributed by atoms with E-state index in [4.69, 9.17) is 0 Å². The number of amides is 2. The maximum Gasteiger partial charge on any atom is 0.271 e. The molecular formula is C14H23N5O2. The van der Waals surface area contributed by atoms with Crippen molar-refractivity contribution in [1.29, 1.82) is 0 Å². The molecule has 2 amide bonds. The molecule has 3 N–H and O–H groups in total. The van der Waals surface area contributed by atoms with Crippen LogP contribution < -0.4 is 16.0 Å². The monoisotopic (exact) mass is 293 g/mol. The van der Waals surface area contributed by atoms with Crippen molar-refractivity contribution in [3.63, 3.8) is 0 Å². The predicted molar refractivity (Wildman–Crippen MR) is 81.0 cm³/mol. The van der Waals surface area contributed by atoms with Crippen molar-refractivity contribution < 1.29 is 9.59 Å². The van der Waals surface area contributed by atoms with Gasteiger partial charge in [0.15, 0.2) is 0 Å². The van der Waals surface area contributed by atoms with Gasteiger partial charge in [-0.05, 0) is 12.8 Å². The molecule has 0 atom stereocenters. The second-order valence-electron chi connectivity index (χ2n) is 5.02. The van der Waals surface area contributed by atoms with Crippen LogP contribution in [0.3, 0.4) is 0 Å². The van der Waals surface area contributed by atoms with Crippen LogP contribution in [0.4, 0.5) is 5.82 Å². The van der Waals surface area contributed by atoms with Gasteiger partial charge in [-0.15, -0.1) is 0 Å². The molecule has 0 saturated carbocycles. The number of hydrogen-bond acceptors (Lipinski definition) is 5. The molecule has 0 spiro atoms. The first-order valence-electron chi connectivity index (χ1n) is 7.13. The largest absolute Gasteiger partial charge is 0.369 e. The molecule has 0 aliphatic carbocycles. The molecule has 1 rings (SSSR count). The quantitative estimate of drug-likeness (QED) is 0.659. The second-order valence-corrected chi connectivity index (χ2v) is 5.02. The minimum absolute atomic E-state index is 0.0727. The van der Waals surface area contributed by atoms with Gasteiger partial charge in [0, 0.05) is 26.1 Å². The third kappa shape index (κ3) is 6.69. The molecule has 7 heteroatoms. The van der Waals surface area contributed by atoms with Crippen molar-refractivity contribution in [3.8, 4) is 0 Å². The number of carbonyl (C=O) groups is 2. The number of nitrogens with zero attached hydrogens (tertiary/aromatic N) is 2. The Hall–Kier alpha value is -2.18. The fourth-order valence-electron chi connectivity index (χ4n) is 1.53. The Balaban J connectivity index is 2.36. The van der Waals surface area contributed by atoms with Crippen molar-refractivity contribution in [3.05, 3.63) is 18.1 Å². The number of carbonyl (C=O) groups excluding carboxylic acids is 2. The Morgan fingerprint density at radius 1 is 1.24 bits per heavy atom. The lowest BCUT2D eigenvalue weighted by Crippen LogP contribution is -2.32. The molecule has 1 aromatic heterocycles. The molecule has 1 aromatic rings. The Morgan fingerprint density at radius 2 is 2.00 bits per heavy atom. The maximum atomic E-state index is 11.9. The van der Waals surface area contributed by atoms with Crippen LogP contribution in [0, 0.1) is 5.92 Å². The van der Waals surface area contributed by atoms with Gasteiger partial charge >= 0.3 is 0 Å². The van der Waals surface area contributed by atoms with Crippen LogP contribution in [0.1, 0.15) is 37.7 Å². The lowest BCUT2D eigenvalue weighted by atomic mass is 10.2. The molecule has 0 bridgehead atoms. The maximum absolute atomic E-state index is 11.9. The van der Waals surface area contributed by atoms with Crippen LogP contribution in [0.25, 0.3) is 0 Å². The van der Waals surface area contributed by atoms with E-state index in [2.05, 4.69) is 25.9 Å². The Morgan fingerprint density at radius 3 is 2.67 bits per heavy atom. The van der Waals surface area contributed by atoms with Gasteiger partial charge in [-0.1, -0.05) is 13.8 Å². The summed E-state index contributed by atoms with van der Waals surface area (Å²) in [4.78, 5) is 31.5. The minimum atomic E-state index is -0.334. The normalized spacial score (nSPS) is 10.3. The summed E-state index contributed by atoms with van der Waals surface area (Å²) in [6, 6.07) is 0. The zero-order valence-electron chi connectivity index (χ0n) is 12.8. The topological polar surface area (TPSA) is 96.0 Å². The molecule has 116 valence electrons. The van der Waals surface area contributed by atoms with Crippen LogP contribution in [0.5, 0.6) is 0 Å². The number of nitrogens with one attached hydrogen (secondary N) is 3. The SMILES string of the molecule is CCNc1cncc(C(=O)NCCC(=O)NCC(C)C)n1. The number of aromatic nitrogens is 2. The third-order valence-corrected chi connectivity index (χ3v) is 2.57. The molecule has 0 saturated heterocycles. The van der Waals surface area contributed by atoms with Gasteiger partial charge < -0.3 is 16.0 Å². The predicted octanol–water partition coefficient (Wildman–Crippen LogP) is 0.800. The highest BCUT2D eigenvalue weighted by Gasteiger charge is 2.09. The number of anilines is 1. The van der Waals surface area contributed by atoms with Gasteiger partial charge in [0.2, 0.25) is 5.91 Å². The van der Waals surface area contributed by atoms with Gasteiger partial charge in [-0.25, -0.2) is 4.98 Å². The lowest BCUT2D eigenvalue weighted by Gasteiger charge is -2.08. The molecule has 21 heavy (non-hydrogen) atoms. The van der Waals surface area contributed by atoms with E-state index < -0.39 is 0 Å². The Kier molecular flexibility index (Phi) is 7.14. The Bertz CT molecular complexity index is 476. The summed E-state index contributed by atoms with van der Waals surface area (Å²) in [7, 11) is 0. The molecular weight excluding hydrogens is 270 g/mol. The summed E-state index contributed by atoms with van der Waals surface area (Å²) < 4.78 is 0. The summed E-state index contributed by atoms with van der Waals surface area (Å²) in [5, 5.41) is 8.44. The van der Waals surface area contributed by atoms with Crippen molar-refractivity contribution in [2.24, 2.45) is 5.92 Å². The number of hydrogen-bond donors (Lipinski definition) is 3. The molecule has 7 nitrogen and oxygen atoms in total. The highest BCUT2D eigenvalue weighted by atomic mass is 16.2. The molecule has 0 aliphatic rings. The van der Waals surface area contributed by atoms with E-state index in [1.165, 1.54) is 6.20 Å². The van der Waals surface area contributed by atoms with Gasteiger partial charge in [0.1, 0.15) is 11.5 Å². The molecule has 1 heterocycles. The first-order valence-corrected chi connectivity index (χ1v) is 7.13. The second kappa shape index (κ2) is 8.89. The van der Waals surface area contributed by atoms with Gasteiger partial charge in [-0.3, -0.25) is 14.6 Å². The van der Waals surface area contributed by atoms with E-state index in [1.807, 2.05) is 20.8 Å². The van der Waals surface area contributed by atoms with Crippen LogP contribution in [0.2, 0.25) is 0 Å². The summed E-state index contributed by atoms with van der Waals surface area (Å²) in [6.07, 6.45) is 3.20. The van der Waals surface area contributed by atoms with E-state index in [-0.39, 0.29) is 30.5 Å². The van der Waals surface area contributed by atoms with Gasteiger partial charge in [0.05, 0.1) is 12.4 Å². The standard InChI is InChI=1S/C14H23N5O2/c1-4-16-12-9-15-8-11(19-12)14(21)17-6-5-13(20)18-7-10(2)3/h8-10H,4-7H2,1-3H3,(H,16,19)(H,17,21)(H,18,20). The minimum Gasteiger partial charge on any atom is -0.369 e. The Labute approximate surface area is 124 Å². The van der Waals surface area contributed by atoms with Crippen LogP contribution in [0.15, 0.2) is 12.4 Å². The van der Waals surface area contributed by atoms with Crippen LogP contribution in [-0.4, -0.2) is 41.4 Å². The van der Waals surface area contributed by atoms with E-state index in [0.29, 0.717) is 24.8 Å². The van der Waals surface area contributed by atoms with Crippen LogP contribution >= 0.6 is 0 Å². The first kappa shape index (κ1) is 16.9. The van der Waals surface area contributed by atoms with Gasteiger partial charge in [-0.2, -0.15) is 0 Å². The summed E-state index contributed by atoms with van der Waals surface area (Å²) >= 11 is 0. The summed E-state index contributed by atoms with van der Waals surface area (Å²) in [5.41, 5.74) is 0.232. The van der Waals surface area contributed by atoms with E-state index in [9.17, 15) is 9.59 Å². The van der Waals surface area contributed by atoms with E-state index >= 15 is 0 Å². The molecule has 0 aliphatic heterocycles. The molecule has 0 fully saturated rings. The summed E-state index contributed by atoms with van der Waals surface area (Å²) in [6.45, 7) is 7.61. The van der Waals surface area contributed by atoms with Crippen molar-refractivity contribution in [2.45, 2.75) is 27.2 Å². The third-order valence-electron chi connectivity index (χ3n) is 2.57. The first-order chi connectivity index (χ1) is 10.0. The zero-order valence-corrected chi connectivity index (χ0v) is 12.8. The lowest BCUT2D eigenvalue weighted by molar-refractivity contribution is -0.121. The highest BCUT2D eigenvalue weighted by molar-refractivity contribution is 5.92. The van der Waals surface area contributed by atoms with Gasteiger partial charge in [0.25, 0.3) is 5.91 Å². The molecule has 0 unspecified atom stereocenters. The molecule has 0 radical (unpaired) electrons. The van der Waals surface area contributed by atoms with Crippen LogP contribution in [-0.2, 0) is 4.79 Å². The van der Waals surface area contributed by atoms with E-state index in [1.54, 1.807) is 6.20 Å². The number of rotatable bonds is 8. The van der Waals surface area contributed by atoms with Crippen molar-refractivity contribution in [2.75, 3.05) is 25.0 Å². The zero-order chi connectivity index (χ0) is 15.7.